The second kappa shape index (κ2) is 11.0. The highest BCUT2D eigenvalue weighted by Crippen LogP contribution is 2.38. The molecule has 0 amide bonds. The molecule has 3 N–H and O–H groups in total. The van der Waals surface area contributed by atoms with Crippen LogP contribution in [0.4, 0.5) is 0 Å². The normalized spacial score (nSPS) is 14.8. The fraction of sp³-hybridized carbons (Fsp3) is 0.227. The van der Waals surface area contributed by atoms with E-state index in [9.17, 15) is 14.9 Å². The molecule has 0 saturated heterocycles. The van der Waals surface area contributed by atoms with Crippen LogP contribution in [-0.2, 0) is 16.0 Å². The highest BCUT2D eigenvalue weighted by molar-refractivity contribution is 6.30. The number of aliphatic carboxylic acids is 2. The molecule has 0 aromatic heterocycles. The van der Waals surface area contributed by atoms with Crippen molar-refractivity contribution in [3.8, 4) is 17.6 Å². The van der Waals surface area contributed by atoms with Gasteiger partial charge in [-0.15, -0.1) is 0 Å². The van der Waals surface area contributed by atoms with E-state index in [1.807, 2.05) is 19.2 Å². The third-order valence-corrected chi connectivity index (χ3v) is 4.70. The van der Waals surface area contributed by atoms with Gasteiger partial charge in [0.1, 0.15) is 17.6 Å². The molecule has 30 heavy (non-hydrogen) atoms. The lowest BCUT2D eigenvalue weighted by molar-refractivity contribution is -0.134. The lowest BCUT2D eigenvalue weighted by Crippen LogP contribution is -2.21. The van der Waals surface area contributed by atoms with Crippen molar-refractivity contribution in [3.63, 3.8) is 0 Å². The average Bonchev–Trinajstić information content (AvgIpc) is 2.73. The van der Waals surface area contributed by atoms with Gasteiger partial charge in [0, 0.05) is 29.3 Å². The van der Waals surface area contributed by atoms with Gasteiger partial charge in [0.15, 0.2) is 0 Å². The van der Waals surface area contributed by atoms with Crippen molar-refractivity contribution in [1.82, 2.24) is 5.32 Å². The van der Waals surface area contributed by atoms with Crippen LogP contribution in [0.1, 0.15) is 35.6 Å². The summed E-state index contributed by atoms with van der Waals surface area (Å²) < 4.78 is 6.04. The van der Waals surface area contributed by atoms with Crippen LogP contribution in [0.2, 0.25) is 5.02 Å². The van der Waals surface area contributed by atoms with Crippen molar-refractivity contribution in [2.24, 2.45) is 0 Å². The van der Waals surface area contributed by atoms with Crippen LogP contribution in [-0.4, -0.2) is 29.2 Å². The largest absolute Gasteiger partial charge is 0.478 e. The topological polar surface area (TPSA) is 120 Å². The molecule has 0 aliphatic heterocycles. The Hall–Kier alpha value is -3.34. The Kier molecular flexibility index (Phi) is 8.41. The van der Waals surface area contributed by atoms with E-state index < -0.39 is 11.9 Å². The Morgan fingerprint density at radius 1 is 1.20 bits per heavy atom. The van der Waals surface area contributed by atoms with Crippen LogP contribution in [0.15, 0.2) is 48.6 Å². The van der Waals surface area contributed by atoms with Gasteiger partial charge in [-0.1, -0.05) is 23.7 Å². The van der Waals surface area contributed by atoms with E-state index in [-0.39, 0.29) is 0 Å². The van der Waals surface area contributed by atoms with Gasteiger partial charge in [0.05, 0.1) is 5.56 Å². The molecule has 0 spiro atoms. The first kappa shape index (κ1) is 22.9. The number of carboxylic acid groups (broad SMARTS) is 2. The summed E-state index contributed by atoms with van der Waals surface area (Å²) in [6.07, 6.45) is 4.36. The van der Waals surface area contributed by atoms with Gasteiger partial charge in [0.25, 0.3) is 0 Å². The minimum absolute atomic E-state index is 0.363. The Labute approximate surface area is 179 Å². The Morgan fingerprint density at radius 3 is 2.50 bits per heavy atom. The minimum atomic E-state index is -1.26. The second-order valence-electron chi connectivity index (χ2n) is 6.42. The first-order valence-electron chi connectivity index (χ1n) is 9.16. The number of hydrogen-bond donors (Lipinski definition) is 3. The zero-order chi connectivity index (χ0) is 22.1. The monoisotopic (exact) mass is 428 g/mol. The van der Waals surface area contributed by atoms with E-state index in [1.165, 1.54) is 11.1 Å². The smallest absolute Gasteiger partial charge is 0.328 e. The van der Waals surface area contributed by atoms with E-state index >= 15 is 0 Å². The summed E-state index contributed by atoms with van der Waals surface area (Å²) in [7, 11) is 1.98. The molecule has 0 heterocycles. The van der Waals surface area contributed by atoms with Crippen LogP contribution in [0.25, 0.3) is 0 Å². The molecule has 0 radical (unpaired) electrons. The van der Waals surface area contributed by atoms with E-state index in [0.717, 1.165) is 25.0 Å². The van der Waals surface area contributed by atoms with E-state index in [2.05, 4.69) is 17.5 Å². The fourth-order valence-corrected chi connectivity index (χ4v) is 3.31. The number of halogens is 1. The first-order valence-corrected chi connectivity index (χ1v) is 9.54. The number of carbonyl (C=O) groups is 2. The summed E-state index contributed by atoms with van der Waals surface area (Å²) in [5, 5.41) is 28.8. The second-order valence-corrected chi connectivity index (χ2v) is 6.86. The third-order valence-electron chi connectivity index (χ3n) is 4.47. The number of nitrogens with one attached hydrogen (secondary N) is 1. The van der Waals surface area contributed by atoms with Crippen LogP contribution in [0.5, 0.6) is 11.5 Å². The van der Waals surface area contributed by atoms with Crippen molar-refractivity contribution in [3.05, 3.63) is 70.3 Å². The van der Waals surface area contributed by atoms with Crippen LogP contribution in [0, 0.1) is 11.3 Å². The van der Waals surface area contributed by atoms with Gasteiger partial charge in [-0.2, -0.15) is 5.26 Å². The maximum absolute atomic E-state index is 9.55. The molecule has 1 aliphatic carbocycles. The summed E-state index contributed by atoms with van der Waals surface area (Å²) in [5.41, 5.74) is 2.99. The number of rotatable bonds is 5. The van der Waals surface area contributed by atoms with Gasteiger partial charge < -0.3 is 20.3 Å². The summed E-state index contributed by atoms with van der Waals surface area (Å²) in [6, 6.07) is 13.7. The van der Waals surface area contributed by atoms with Gasteiger partial charge in [-0.3, -0.25) is 0 Å². The van der Waals surface area contributed by atoms with Gasteiger partial charge in [0.2, 0.25) is 0 Å². The van der Waals surface area contributed by atoms with Crippen molar-refractivity contribution in [2.75, 3.05) is 7.05 Å². The summed E-state index contributed by atoms with van der Waals surface area (Å²) in [4.78, 5) is 19.1. The van der Waals surface area contributed by atoms with Gasteiger partial charge in [-0.05, 0) is 55.6 Å². The first-order chi connectivity index (χ1) is 14.3. The Bertz CT molecular complexity index is 982. The fourth-order valence-electron chi connectivity index (χ4n) is 3.14. The Morgan fingerprint density at radius 2 is 1.90 bits per heavy atom. The lowest BCUT2D eigenvalue weighted by atomic mass is 9.87. The number of ether oxygens (including phenoxy) is 1. The number of hydrogen-bond acceptors (Lipinski definition) is 5. The maximum Gasteiger partial charge on any atom is 0.328 e. The highest BCUT2D eigenvalue weighted by atomic mass is 35.5. The molecule has 0 bridgehead atoms. The zero-order valence-corrected chi connectivity index (χ0v) is 17.0. The molecule has 0 fully saturated rings. The molecule has 2 aromatic carbocycles. The number of fused-ring (bicyclic) bond motifs is 1. The number of nitrogens with zero attached hydrogens (tertiary/aromatic N) is 1. The standard InChI is InChI=1S/C18H17ClN2O.C4H4O4/c1-21-16-6-2-5-15-14(16)4-3-7-17(15)22-18-10-13(19)9-8-12(18)11-20;5-3(6)1-2-4(7)8/h3-4,7-10,16,21H,2,5-6H2,1H3;1-2H,(H,5,6)(H,7,8)/b;2-1+. The molecule has 1 atom stereocenters. The lowest BCUT2D eigenvalue weighted by Gasteiger charge is -2.26. The summed E-state index contributed by atoms with van der Waals surface area (Å²) >= 11 is 6.03. The number of benzene rings is 2. The van der Waals surface area contributed by atoms with E-state index in [4.69, 9.17) is 26.6 Å². The predicted octanol–water partition coefficient (Wildman–Crippen LogP) is 4.31. The number of carboxylic acids is 2. The predicted molar refractivity (Wildman–Crippen MR) is 112 cm³/mol. The zero-order valence-electron chi connectivity index (χ0n) is 16.3. The molecule has 156 valence electrons. The minimum Gasteiger partial charge on any atom is -0.478 e. The van der Waals surface area contributed by atoms with Crippen molar-refractivity contribution < 1.29 is 24.5 Å². The van der Waals surface area contributed by atoms with Crippen molar-refractivity contribution >= 4 is 23.5 Å². The number of nitriles is 1. The van der Waals surface area contributed by atoms with E-state index in [1.54, 1.807) is 18.2 Å². The third kappa shape index (κ3) is 6.34. The summed E-state index contributed by atoms with van der Waals surface area (Å²) in [6.45, 7) is 0. The molecule has 1 unspecified atom stereocenters. The molecular formula is C22H21ClN2O5. The molecule has 8 heteroatoms. The highest BCUT2D eigenvalue weighted by Gasteiger charge is 2.22. The van der Waals surface area contributed by atoms with Crippen LogP contribution < -0.4 is 10.1 Å². The molecule has 2 aromatic rings. The van der Waals surface area contributed by atoms with Crippen LogP contribution in [0.3, 0.4) is 0 Å². The maximum atomic E-state index is 9.55. The van der Waals surface area contributed by atoms with Gasteiger partial charge >= 0.3 is 11.9 Å². The SMILES string of the molecule is CNC1CCCc2c(Oc3cc(Cl)ccc3C#N)cccc21.O=C(O)/C=C/C(=O)O. The molecule has 3 rings (SSSR count). The molecule has 1 aliphatic rings. The quantitative estimate of drug-likeness (QED) is 0.607. The van der Waals surface area contributed by atoms with E-state index in [0.29, 0.717) is 34.5 Å². The molecule has 0 saturated carbocycles. The Balaban J connectivity index is 0.000000343. The average molecular weight is 429 g/mol. The van der Waals surface area contributed by atoms with Crippen molar-refractivity contribution in [1.29, 1.82) is 5.26 Å². The van der Waals surface area contributed by atoms with Crippen LogP contribution >= 0.6 is 11.6 Å². The van der Waals surface area contributed by atoms with Gasteiger partial charge in [-0.25, -0.2) is 9.59 Å². The molecular weight excluding hydrogens is 408 g/mol. The van der Waals surface area contributed by atoms with Crippen molar-refractivity contribution in [2.45, 2.75) is 25.3 Å². The molecule has 7 nitrogen and oxygen atoms in total. The summed E-state index contributed by atoms with van der Waals surface area (Å²) in [5.74, 6) is -1.19.